The van der Waals surface area contributed by atoms with E-state index in [0.29, 0.717) is 23.7 Å². The minimum absolute atomic E-state index is 0.162. The molecule has 0 saturated heterocycles. The zero-order valence-electron chi connectivity index (χ0n) is 15.7. The van der Waals surface area contributed by atoms with Crippen LogP contribution in [0.2, 0.25) is 0 Å². The maximum atomic E-state index is 11.8. The predicted octanol–water partition coefficient (Wildman–Crippen LogP) is 3.37. The number of carbonyl (C=O) groups is 1. The normalized spacial score (nSPS) is 15.1. The fraction of sp³-hybridized carbons (Fsp3) is 0.238. The van der Waals surface area contributed by atoms with Gasteiger partial charge in [-0.3, -0.25) is 19.3 Å². The highest BCUT2D eigenvalue weighted by molar-refractivity contribution is 9.10. The lowest BCUT2D eigenvalue weighted by Crippen LogP contribution is -2.10. The number of pyridine rings is 1. The van der Waals surface area contributed by atoms with Gasteiger partial charge in [0.05, 0.1) is 42.7 Å². The van der Waals surface area contributed by atoms with Crippen molar-refractivity contribution in [1.29, 1.82) is 0 Å². The summed E-state index contributed by atoms with van der Waals surface area (Å²) in [7, 11) is 1.37. The lowest BCUT2D eigenvalue weighted by atomic mass is 10.0. The summed E-state index contributed by atoms with van der Waals surface area (Å²) in [5.74, 6) is 0.372. The summed E-state index contributed by atoms with van der Waals surface area (Å²) in [6, 6.07) is 11.2. The molecule has 3 heterocycles. The summed E-state index contributed by atoms with van der Waals surface area (Å²) in [6.45, 7) is -0.162. The van der Waals surface area contributed by atoms with Gasteiger partial charge in [0.1, 0.15) is 11.9 Å². The number of rotatable bonds is 5. The van der Waals surface area contributed by atoms with Gasteiger partial charge in [-0.15, -0.1) is 0 Å². The third-order valence-corrected chi connectivity index (χ3v) is 5.31. The first kappa shape index (κ1) is 19.5. The van der Waals surface area contributed by atoms with Crippen molar-refractivity contribution in [2.45, 2.75) is 25.5 Å². The van der Waals surface area contributed by atoms with E-state index < -0.39 is 6.04 Å². The molecule has 3 aromatic rings. The number of halogens is 1. The average molecular weight is 455 g/mol. The van der Waals surface area contributed by atoms with Crippen LogP contribution in [0.3, 0.4) is 0 Å². The smallest absolute Gasteiger partial charge is 0.305 e. The van der Waals surface area contributed by atoms with Gasteiger partial charge >= 0.3 is 5.97 Å². The number of hydrogen-bond acceptors (Lipinski definition) is 6. The summed E-state index contributed by atoms with van der Waals surface area (Å²) in [5, 5.41) is 9.89. The van der Waals surface area contributed by atoms with Crippen molar-refractivity contribution < 1.29 is 14.6 Å². The highest BCUT2D eigenvalue weighted by Crippen LogP contribution is 2.34. The molecule has 4 rings (SSSR count). The van der Waals surface area contributed by atoms with Crippen molar-refractivity contribution in [3.05, 3.63) is 76.0 Å². The molecule has 8 heteroatoms. The molecule has 0 aliphatic carbocycles. The Balaban J connectivity index is 1.94. The number of imidazole rings is 1. The maximum Gasteiger partial charge on any atom is 0.305 e. The van der Waals surface area contributed by atoms with Crippen LogP contribution in [0.1, 0.15) is 41.7 Å². The van der Waals surface area contributed by atoms with Crippen LogP contribution in [0.4, 0.5) is 0 Å². The first-order chi connectivity index (χ1) is 14.1. The summed E-state index contributed by atoms with van der Waals surface area (Å²) in [4.78, 5) is 25.8. The van der Waals surface area contributed by atoms with Crippen molar-refractivity contribution in [3.8, 4) is 5.69 Å². The molecular formula is C21H19BrN4O3. The van der Waals surface area contributed by atoms with E-state index >= 15 is 0 Å². The zero-order valence-corrected chi connectivity index (χ0v) is 17.3. The van der Waals surface area contributed by atoms with Gasteiger partial charge in [-0.2, -0.15) is 0 Å². The number of aliphatic hydroxyl groups is 1. The Morgan fingerprint density at radius 1 is 1.28 bits per heavy atom. The first-order valence-electron chi connectivity index (χ1n) is 9.16. The van der Waals surface area contributed by atoms with Crippen LogP contribution in [-0.4, -0.2) is 38.4 Å². The molecule has 0 saturated carbocycles. The highest BCUT2D eigenvalue weighted by Gasteiger charge is 2.28. The summed E-state index contributed by atoms with van der Waals surface area (Å²) in [5.41, 5.74) is 3.82. The lowest BCUT2D eigenvalue weighted by molar-refractivity contribution is -0.140. The van der Waals surface area contributed by atoms with Crippen molar-refractivity contribution in [2.75, 3.05) is 7.11 Å². The van der Waals surface area contributed by atoms with Gasteiger partial charge in [-0.1, -0.05) is 22.0 Å². The molecular weight excluding hydrogens is 436 g/mol. The summed E-state index contributed by atoms with van der Waals surface area (Å²) in [6.07, 6.45) is 4.01. The Kier molecular flexibility index (Phi) is 5.55. The molecule has 1 atom stereocenters. The number of aliphatic imine (C=N–C) groups is 1. The van der Waals surface area contributed by atoms with Crippen LogP contribution < -0.4 is 0 Å². The number of hydrogen-bond donors (Lipinski definition) is 1. The van der Waals surface area contributed by atoms with E-state index in [1.807, 2.05) is 41.0 Å². The molecule has 1 aliphatic heterocycles. The number of methoxy groups -OCH3 is 1. The van der Waals surface area contributed by atoms with E-state index in [2.05, 4.69) is 25.9 Å². The Morgan fingerprint density at radius 2 is 2.14 bits per heavy atom. The lowest BCUT2D eigenvalue weighted by Gasteiger charge is -2.14. The van der Waals surface area contributed by atoms with Gasteiger partial charge in [-0.05, 0) is 36.8 Å². The van der Waals surface area contributed by atoms with Crippen LogP contribution in [0.5, 0.6) is 0 Å². The Bertz CT molecular complexity index is 1080. The summed E-state index contributed by atoms with van der Waals surface area (Å²) < 4.78 is 7.63. The molecule has 1 N–H and O–H groups in total. The third-order valence-electron chi connectivity index (χ3n) is 4.82. The second-order valence-electron chi connectivity index (χ2n) is 6.59. The van der Waals surface area contributed by atoms with Crippen LogP contribution in [0.25, 0.3) is 5.69 Å². The molecule has 0 amide bonds. The number of aromatic nitrogens is 3. The second kappa shape index (κ2) is 8.26. The monoisotopic (exact) mass is 454 g/mol. The van der Waals surface area contributed by atoms with E-state index in [9.17, 15) is 9.90 Å². The van der Waals surface area contributed by atoms with Gasteiger partial charge in [0.15, 0.2) is 0 Å². The van der Waals surface area contributed by atoms with Crippen molar-refractivity contribution in [1.82, 2.24) is 14.5 Å². The van der Waals surface area contributed by atoms with Gasteiger partial charge in [0.25, 0.3) is 0 Å². The summed E-state index contributed by atoms with van der Waals surface area (Å²) >= 11 is 3.55. The molecule has 1 aliphatic rings. The average Bonchev–Trinajstić information content (AvgIpc) is 3.12. The van der Waals surface area contributed by atoms with E-state index in [-0.39, 0.29) is 19.0 Å². The predicted molar refractivity (Wildman–Crippen MR) is 111 cm³/mol. The van der Waals surface area contributed by atoms with E-state index in [1.54, 1.807) is 12.4 Å². The topological polar surface area (TPSA) is 89.6 Å². The number of esters is 1. The number of nitrogens with zero attached hydrogens (tertiary/aromatic N) is 4. The minimum Gasteiger partial charge on any atom is -0.469 e. The van der Waals surface area contributed by atoms with Gasteiger partial charge in [0.2, 0.25) is 0 Å². The zero-order chi connectivity index (χ0) is 20.4. The van der Waals surface area contributed by atoms with E-state index in [1.165, 1.54) is 7.11 Å². The molecule has 1 aromatic carbocycles. The fourth-order valence-electron chi connectivity index (χ4n) is 3.46. The molecule has 0 fully saturated rings. The number of aliphatic hydroxyl groups excluding tert-OH is 1. The second-order valence-corrected chi connectivity index (χ2v) is 7.50. The molecule has 0 radical (unpaired) electrons. The molecule has 2 aromatic heterocycles. The van der Waals surface area contributed by atoms with Gasteiger partial charge in [0, 0.05) is 22.7 Å². The van der Waals surface area contributed by atoms with Crippen LogP contribution in [-0.2, 0) is 16.1 Å². The molecule has 7 nitrogen and oxygen atoms in total. The maximum absolute atomic E-state index is 11.8. The van der Waals surface area contributed by atoms with Crippen LogP contribution in [0, 0.1) is 0 Å². The first-order valence-corrected chi connectivity index (χ1v) is 9.95. The molecule has 1 unspecified atom stereocenters. The minimum atomic E-state index is -0.391. The SMILES string of the molecule is COC(=O)CCC1N=C(c2ccccn2)c2cc(Br)ccc2-n2c(CO)cnc21. The van der Waals surface area contributed by atoms with Gasteiger partial charge in [-0.25, -0.2) is 4.98 Å². The highest BCUT2D eigenvalue weighted by atomic mass is 79.9. The van der Waals surface area contributed by atoms with Crippen molar-refractivity contribution in [3.63, 3.8) is 0 Å². The Hall–Kier alpha value is -2.84. The Morgan fingerprint density at radius 3 is 2.86 bits per heavy atom. The van der Waals surface area contributed by atoms with E-state index in [0.717, 1.165) is 21.4 Å². The van der Waals surface area contributed by atoms with Crippen LogP contribution >= 0.6 is 15.9 Å². The fourth-order valence-corrected chi connectivity index (χ4v) is 3.82. The molecule has 29 heavy (non-hydrogen) atoms. The number of ether oxygens (including phenoxy) is 1. The molecule has 0 spiro atoms. The number of fused-ring (bicyclic) bond motifs is 3. The quantitative estimate of drug-likeness (QED) is 0.596. The largest absolute Gasteiger partial charge is 0.469 e. The number of carbonyl (C=O) groups excluding carboxylic acids is 1. The Labute approximate surface area is 176 Å². The molecule has 0 bridgehead atoms. The van der Waals surface area contributed by atoms with Gasteiger partial charge < -0.3 is 9.84 Å². The standard InChI is InChI=1S/C21H19BrN4O3/c1-29-19(28)8-6-17-21-24-11-14(12-27)26(21)18-7-5-13(22)10-15(18)20(25-17)16-4-2-3-9-23-16/h2-5,7,9-11,17,27H,6,8,12H2,1H3. The third kappa shape index (κ3) is 3.73. The van der Waals surface area contributed by atoms with Crippen LogP contribution in [0.15, 0.2) is 58.3 Å². The van der Waals surface area contributed by atoms with Crippen molar-refractivity contribution >= 4 is 27.6 Å². The van der Waals surface area contributed by atoms with Crippen molar-refractivity contribution in [2.24, 2.45) is 4.99 Å². The molecule has 148 valence electrons. The number of benzene rings is 1. The van der Waals surface area contributed by atoms with E-state index in [4.69, 9.17) is 9.73 Å².